The van der Waals surface area contributed by atoms with Gasteiger partial charge in [0, 0.05) is 23.1 Å². The average Bonchev–Trinajstić information content (AvgIpc) is 2.76. The number of aromatic nitrogens is 4. The second kappa shape index (κ2) is 4.03. The van der Waals surface area contributed by atoms with Crippen molar-refractivity contribution in [3.05, 3.63) is 47.7 Å². The highest BCUT2D eigenvalue weighted by Crippen LogP contribution is 2.17. The number of nitrogens with zero attached hydrogens (tertiary/aromatic N) is 4. The Kier molecular flexibility index (Phi) is 2.38. The van der Waals surface area contributed by atoms with E-state index in [0.29, 0.717) is 16.7 Å². The van der Waals surface area contributed by atoms with E-state index in [2.05, 4.69) is 20.5 Å². The number of nitrogens with one attached hydrogen (secondary N) is 1. The summed E-state index contributed by atoms with van der Waals surface area (Å²) in [5.74, 6) is 1.18. The molecular formula is C11H8ClN5. The van der Waals surface area contributed by atoms with Crippen LogP contribution < -0.4 is 5.32 Å². The first-order valence-electron chi connectivity index (χ1n) is 5.01. The molecule has 0 fully saturated rings. The molecule has 0 spiro atoms. The SMILES string of the molecule is Clc1ccc(Nc2nnc3ncccn23)cc1. The maximum absolute atomic E-state index is 5.82. The molecule has 0 radical (unpaired) electrons. The normalized spacial score (nSPS) is 10.6. The van der Waals surface area contributed by atoms with E-state index in [-0.39, 0.29) is 0 Å². The van der Waals surface area contributed by atoms with Crippen molar-refractivity contribution in [2.24, 2.45) is 0 Å². The van der Waals surface area contributed by atoms with Gasteiger partial charge in [0.25, 0.3) is 5.78 Å². The van der Waals surface area contributed by atoms with Crippen LogP contribution in [-0.4, -0.2) is 19.6 Å². The quantitative estimate of drug-likeness (QED) is 0.754. The van der Waals surface area contributed by atoms with Crippen molar-refractivity contribution in [1.29, 1.82) is 0 Å². The molecule has 2 heterocycles. The smallest absolute Gasteiger partial charge is 0.256 e. The van der Waals surface area contributed by atoms with Crippen molar-refractivity contribution < 1.29 is 0 Å². The summed E-state index contributed by atoms with van der Waals surface area (Å²) in [6.45, 7) is 0. The summed E-state index contributed by atoms with van der Waals surface area (Å²) in [6, 6.07) is 9.19. The molecule has 0 atom stereocenters. The van der Waals surface area contributed by atoms with Crippen LogP contribution in [0.25, 0.3) is 5.78 Å². The first-order chi connectivity index (χ1) is 8.33. The molecule has 6 heteroatoms. The number of anilines is 2. The molecule has 84 valence electrons. The number of fused-ring (bicyclic) bond motifs is 1. The summed E-state index contributed by atoms with van der Waals surface area (Å²) >= 11 is 5.82. The lowest BCUT2D eigenvalue weighted by atomic mass is 10.3. The summed E-state index contributed by atoms with van der Waals surface area (Å²) < 4.78 is 1.77. The Hall–Kier alpha value is -2.14. The van der Waals surface area contributed by atoms with Crippen LogP contribution >= 0.6 is 11.6 Å². The minimum Gasteiger partial charge on any atom is -0.324 e. The summed E-state index contributed by atoms with van der Waals surface area (Å²) in [6.07, 6.45) is 3.52. The van der Waals surface area contributed by atoms with Gasteiger partial charge in [-0.3, -0.25) is 4.40 Å². The molecular weight excluding hydrogens is 238 g/mol. The lowest BCUT2D eigenvalue weighted by Crippen LogP contribution is -1.96. The topological polar surface area (TPSA) is 55.1 Å². The van der Waals surface area contributed by atoms with E-state index in [0.717, 1.165) is 5.69 Å². The van der Waals surface area contributed by atoms with Gasteiger partial charge >= 0.3 is 0 Å². The van der Waals surface area contributed by atoms with E-state index in [9.17, 15) is 0 Å². The Morgan fingerprint density at radius 3 is 2.76 bits per heavy atom. The minimum absolute atomic E-state index is 0.559. The minimum atomic E-state index is 0.559. The van der Waals surface area contributed by atoms with Crippen LogP contribution in [0.5, 0.6) is 0 Å². The fourth-order valence-electron chi connectivity index (χ4n) is 1.49. The highest BCUT2D eigenvalue weighted by molar-refractivity contribution is 6.30. The van der Waals surface area contributed by atoms with Crippen LogP contribution in [0.3, 0.4) is 0 Å². The molecule has 1 N–H and O–H groups in total. The highest BCUT2D eigenvalue weighted by atomic mass is 35.5. The van der Waals surface area contributed by atoms with Gasteiger partial charge in [-0.2, -0.15) is 0 Å². The summed E-state index contributed by atoms with van der Waals surface area (Å²) in [7, 11) is 0. The van der Waals surface area contributed by atoms with E-state index in [1.807, 2.05) is 36.5 Å². The van der Waals surface area contributed by atoms with Crippen LogP contribution in [0.2, 0.25) is 5.02 Å². The molecule has 0 amide bonds. The number of hydrogen-bond donors (Lipinski definition) is 1. The molecule has 3 aromatic rings. The van der Waals surface area contributed by atoms with Crippen LogP contribution in [0.4, 0.5) is 11.6 Å². The molecule has 0 aliphatic carbocycles. The molecule has 2 aromatic heterocycles. The first-order valence-corrected chi connectivity index (χ1v) is 5.39. The zero-order valence-electron chi connectivity index (χ0n) is 8.71. The first kappa shape index (κ1) is 10.0. The summed E-state index contributed by atoms with van der Waals surface area (Å²) in [5.41, 5.74) is 0.896. The average molecular weight is 246 g/mol. The Labute approximate surface area is 102 Å². The zero-order chi connectivity index (χ0) is 11.7. The third-order valence-corrected chi connectivity index (χ3v) is 2.54. The molecule has 1 aromatic carbocycles. The molecule has 0 bridgehead atoms. The van der Waals surface area contributed by atoms with Gasteiger partial charge in [0.2, 0.25) is 5.95 Å². The molecule has 3 rings (SSSR count). The van der Waals surface area contributed by atoms with E-state index in [1.165, 1.54) is 0 Å². The van der Waals surface area contributed by atoms with Crippen molar-refractivity contribution in [1.82, 2.24) is 19.6 Å². The Morgan fingerprint density at radius 1 is 1.12 bits per heavy atom. The molecule has 5 nitrogen and oxygen atoms in total. The van der Waals surface area contributed by atoms with Gasteiger partial charge in [-0.25, -0.2) is 4.98 Å². The maximum atomic E-state index is 5.82. The van der Waals surface area contributed by atoms with Crippen molar-refractivity contribution in [3.63, 3.8) is 0 Å². The van der Waals surface area contributed by atoms with Gasteiger partial charge in [0.1, 0.15) is 0 Å². The fourth-order valence-corrected chi connectivity index (χ4v) is 1.62. The molecule has 0 unspecified atom stereocenters. The summed E-state index contributed by atoms with van der Waals surface area (Å²) in [5, 5.41) is 11.8. The van der Waals surface area contributed by atoms with Gasteiger partial charge in [-0.1, -0.05) is 11.6 Å². The van der Waals surface area contributed by atoms with Crippen LogP contribution in [0.1, 0.15) is 0 Å². The van der Waals surface area contributed by atoms with Gasteiger partial charge in [-0.05, 0) is 30.3 Å². The second-order valence-corrected chi connectivity index (χ2v) is 3.88. The van der Waals surface area contributed by atoms with Crippen molar-refractivity contribution in [2.45, 2.75) is 0 Å². The lowest BCUT2D eigenvalue weighted by Gasteiger charge is -2.03. The van der Waals surface area contributed by atoms with E-state index in [1.54, 1.807) is 10.6 Å². The Balaban J connectivity index is 1.97. The van der Waals surface area contributed by atoms with Crippen LogP contribution in [-0.2, 0) is 0 Å². The number of halogens is 1. The number of benzene rings is 1. The third kappa shape index (κ3) is 1.92. The standard InChI is InChI=1S/C11H8ClN5/c12-8-2-4-9(5-3-8)14-11-16-15-10-13-6-1-7-17(10)11/h1-7H,(H,14,16). The molecule has 0 saturated heterocycles. The van der Waals surface area contributed by atoms with Crippen molar-refractivity contribution in [2.75, 3.05) is 5.32 Å². The zero-order valence-corrected chi connectivity index (χ0v) is 9.46. The van der Waals surface area contributed by atoms with Crippen LogP contribution in [0, 0.1) is 0 Å². The van der Waals surface area contributed by atoms with E-state index >= 15 is 0 Å². The third-order valence-electron chi connectivity index (χ3n) is 2.29. The van der Waals surface area contributed by atoms with Crippen molar-refractivity contribution >= 4 is 29.0 Å². The predicted octanol–water partition coefficient (Wildman–Crippen LogP) is 2.52. The van der Waals surface area contributed by atoms with E-state index < -0.39 is 0 Å². The molecule has 0 saturated carbocycles. The predicted molar refractivity (Wildman–Crippen MR) is 65.5 cm³/mol. The second-order valence-electron chi connectivity index (χ2n) is 3.45. The fraction of sp³-hybridized carbons (Fsp3) is 0. The van der Waals surface area contributed by atoms with Gasteiger partial charge < -0.3 is 5.32 Å². The highest BCUT2D eigenvalue weighted by Gasteiger charge is 2.04. The number of rotatable bonds is 2. The molecule has 0 aliphatic heterocycles. The monoisotopic (exact) mass is 245 g/mol. The largest absolute Gasteiger partial charge is 0.324 e. The molecule has 0 aliphatic rings. The number of hydrogen-bond acceptors (Lipinski definition) is 4. The summed E-state index contributed by atoms with van der Waals surface area (Å²) in [4.78, 5) is 4.09. The Morgan fingerprint density at radius 2 is 1.94 bits per heavy atom. The van der Waals surface area contributed by atoms with Crippen LogP contribution in [0.15, 0.2) is 42.7 Å². The van der Waals surface area contributed by atoms with E-state index in [4.69, 9.17) is 11.6 Å². The van der Waals surface area contributed by atoms with Gasteiger partial charge in [0.15, 0.2) is 0 Å². The van der Waals surface area contributed by atoms with Gasteiger partial charge in [0.05, 0.1) is 0 Å². The van der Waals surface area contributed by atoms with Crippen molar-refractivity contribution in [3.8, 4) is 0 Å². The van der Waals surface area contributed by atoms with Gasteiger partial charge in [-0.15, -0.1) is 10.2 Å². The molecule has 17 heavy (non-hydrogen) atoms. The lowest BCUT2D eigenvalue weighted by molar-refractivity contribution is 1.10. The maximum Gasteiger partial charge on any atom is 0.256 e. The Bertz CT molecular complexity index is 646.